The number of benzene rings is 1. The number of carbonyl (C=O) groups is 1. The molecule has 0 saturated carbocycles. The third-order valence-electron chi connectivity index (χ3n) is 5.08. The monoisotopic (exact) mass is 393 g/mol. The number of anilines is 1. The van der Waals surface area contributed by atoms with Gasteiger partial charge in [0.1, 0.15) is 0 Å². The van der Waals surface area contributed by atoms with Gasteiger partial charge in [-0.1, -0.05) is 12.1 Å². The quantitative estimate of drug-likeness (QED) is 0.517. The van der Waals surface area contributed by atoms with Crippen LogP contribution in [-0.4, -0.2) is 58.1 Å². The predicted octanol–water partition coefficient (Wildman–Crippen LogP) is 0.736. The van der Waals surface area contributed by atoms with Crippen LogP contribution in [0.15, 0.2) is 29.3 Å². The summed E-state index contributed by atoms with van der Waals surface area (Å²) in [5.41, 5.74) is 1.59. The summed E-state index contributed by atoms with van der Waals surface area (Å²) in [6.45, 7) is 3.08. The van der Waals surface area contributed by atoms with Crippen LogP contribution in [-0.2, 0) is 21.4 Å². The molecule has 1 unspecified atom stereocenters. The molecule has 148 valence electrons. The van der Waals surface area contributed by atoms with E-state index in [0.717, 1.165) is 50.3 Å². The van der Waals surface area contributed by atoms with Crippen molar-refractivity contribution in [1.29, 1.82) is 0 Å². The minimum atomic E-state index is -3.27. The Labute approximate surface area is 160 Å². The number of amides is 1. The molecule has 2 fully saturated rings. The SMILES string of the molecule is CN=C(NCc1ccc(NS(C)(=O)=O)cc1)N1CCCC2(CNC(=O)C2)C1. The van der Waals surface area contributed by atoms with Gasteiger partial charge in [-0.2, -0.15) is 0 Å². The van der Waals surface area contributed by atoms with Crippen LogP contribution in [0.5, 0.6) is 0 Å². The second kappa shape index (κ2) is 7.75. The number of nitrogens with zero attached hydrogens (tertiary/aromatic N) is 2. The Kier molecular flexibility index (Phi) is 5.59. The first-order valence-corrected chi connectivity index (χ1v) is 11.0. The first-order valence-electron chi connectivity index (χ1n) is 9.08. The Morgan fingerprint density at radius 1 is 1.33 bits per heavy atom. The second-order valence-corrected chi connectivity index (χ2v) is 9.20. The van der Waals surface area contributed by atoms with E-state index in [1.54, 1.807) is 19.2 Å². The van der Waals surface area contributed by atoms with E-state index in [1.807, 2.05) is 12.1 Å². The molecule has 1 spiro atoms. The van der Waals surface area contributed by atoms with Crippen LogP contribution in [0.4, 0.5) is 5.69 Å². The van der Waals surface area contributed by atoms with Crippen LogP contribution < -0.4 is 15.4 Å². The molecule has 1 atom stereocenters. The van der Waals surface area contributed by atoms with E-state index in [9.17, 15) is 13.2 Å². The molecule has 0 bridgehead atoms. The molecule has 0 radical (unpaired) electrons. The van der Waals surface area contributed by atoms with Gasteiger partial charge in [-0.3, -0.25) is 14.5 Å². The van der Waals surface area contributed by atoms with E-state index < -0.39 is 10.0 Å². The zero-order valence-electron chi connectivity index (χ0n) is 15.8. The Morgan fingerprint density at radius 2 is 2.07 bits per heavy atom. The lowest BCUT2D eigenvalue weighted by Crippen LogP contribution is -2.51. The molecule has 0 aliphatic carbocycles. The Morgan fingerprint density at radius 3 is 2.67 bits per heavy atom. The molecule has 2 aliphatic heterocycles. The van der Waals surface area contributed by atoms with Crippen LogP contribution in [0.1, 0.15) is 24.8 Å². The van der Waals surface area contributed by atoms with Crippen molar-refractivity contribution in [1.82, 2.24) is 15.5 Å². The molecular weight excluding hydrogens is 366 g/mol. The number of piperidine rings is 1. The highest BCUT2D eigenvalue weighted by atomic mass is 32.2. The third-order valence-corrected chi connectivity index (χ3v) is 5.68. The van der Waals surface area contributed by atoms with Crippen molar-refractivity contribution in [3.05, 3.63) is 29.8 Å². The van der Waals surface area contributed by atoms with Crippen molar-refractivity contribution in [3.8, 4) is 0 Å². The lowest BCUT2D eigenvalue weighted by atomic mass is 9.79. The predicted molar refractivity (Wildman–Crippen MR) is 106 cm³/mol. The molecule has 27 heavy (non-hydrogen) atoms. The maximum absolute atomic E-state index is 11.7. The highest BCUT2D eigenvalue weighted by Crippen LogP contribution is 2.35. The number of sulfonamides is 1. The minimum Gasteiger partial charge on any atom is -0.355 e. The minimum absolute atomic E-state index is 0.0198. The van der Waals surface area contributed by atoms with Crippen LogP contribution in [0.3, 0.4) is 0 Å². The summed E-state index contributed by atoms with van der Waals surface area (Å²) >= 11 is 0. The number of nitrogens with one attached hydrogen (secondary N) is 3. The van der Waals surface area contributed by atoms with Gasteiger partial charge in [-0.05, 0) is 30.5 Å². The lowest BCUT2D eigenvalue weighted by Gasteiger charge is -2.40. The van der Waals surface area contributed by atoms with Gasteiger partial charge in [0.15, 0.2) is 5.96 Å². The third kappa shape index (κ3) is 5.12. The molecule has 1 amide bonds. The number of guanidine groups is 1. The number of carbonyl (C=O) groups excluding carboxylic acids is 1. The molecule has 9 heteroatoms. The van der Waals surface area contributed by atoms with Crippen molar-refractivity contribution in [2.24, 2.45) is 10.4 Å². The molecule has 1 aromatic carbocycles. The summed E-state index contributed by atoms with van der Waals surface area (Å²) in [4.78, 5) is 18.3. The highest BCUT2D eigenvalue weighted by molar-refractivity contribution is 7.92. The zero-order valence-corrected chi connectivity index (χ0v) is 16.6. The lowest BCUT2D eigenvalue weighted by molar-refractivity contribution is -0.119. The average Bonchev–Trinajstić information content (AvgIpc) is 2.95. The maximum atomic E-state index is 11.7. The van der Waals surface area contributed by atoms with Crippen molar-refractivity contribution < 1.29 is 13.2 Å². The summed E-state index contributed by atoms with van der Waals surface area (Å²) in [5, 5.41) is 6.33. The molecule has 8 nitrogen and oxygen atoms in total. The molecule has 3 rings (SSSR count). The number of rotatable bonds is 4. The van der Waals surface area contributed by atoms with E-state index in [2.05, 4.69) is 25.2 Å². The first kappa shape index (κ1) is 19.5. The number of likely N-dealkylation sites (tertiary alicyclic amines) is 1. The summed E-state index contributed by atoms with van der Waals surface area (Å²) in [5.74, 6) is 0.967. The van der Waals surface area contributed by atoms with E-state index >= 15 is 0 Å². The summed E-state index contributed by atoms with van der Waals surface area (Å²) in [6, 6.07) is 7.25. The largest absolute Gasteiger partial charge is 0.355 e. The van der Waals surface area contributed by atoms with E-state index in [4.69, 9.17) is 0 Å². The molecule has 2 heterocycles. The Balaban J connectivity index is 1.58. The average molecular weight is 394 g/mol. The van der Waals surface area contributed by atoms with Gasteiger partial charge in [0.05, 0.1) is 6.26 Å². The van der Waals surface area contributed by atoms with Crippen molar-refractivity contribution in [3.63, 3.8) is 0 Å². The van der Waals surface area contributed by atoms with Crippen LogP contribution in [0, 0.1) is 5.41 Å². The molecule has 0 aromatic heterocycles. The van der Waals surface area contributed by atoms with Crippen LogP contribution in [0.2, 0.25) is 0 Å². The Hall–Kier alpha value is -2.29. The molecule has 3 N–H and O–H groups in total. The van der Waals surface area contributed by atoms with Gasteiger partial charge in [0, 0.05) is 50.7 Å². The van der Waals surface area contributed by atoms with Gasteiger partial charge in [-0.15, -0.1) is 0 Å². The van der Waals surface area contributed by atoms with Gasteiger partial charge in [-0.25, -0.2) is 8.42 Å². The summed E-state index contributed by atoms with van der Waals surface area (Å²) in [7, 11) is -1.51. The Bertz CT molecular complexity index is 822. The zero-order chi connectivity index (χ0) is 19.5. The van der Waals surface area contributed by atoms with Gasteiger partial charge < -0.3 is 15.5 Å². The normalized spacial score (nSPS) is 23.4. The van der Waals surface area contributed by atoms with E-state index in [-0.39, 0.29) is 11.3 Å². The summed E-state index contributed by atoms with van der Waals surface area (Å²) < 4.78 is 25.0. The number of aliphatic imine (C=N–C) groups is 1. The van der Waals surface area contributed by atoms with Gasteiger partial charge in [0.2, 0.25) is 15.9 Å². The van der Waals surface area contributed by atoms with Crippen molar-refractivity contribution >= 4 is 27.6 Å². The fourth-order valence-corrected chi connectivity index (χ4v) is 4.41. The van der Waals surface area contributed by atoms with Crippen LogP contribution >= 0.6 is 0 Å². The smallest absolute Gasteiger partial charge is 0.229 e. The number of hydrogen-bond donors (Lipinski definition) is 3. The van der Waals surface area contributed by atoms with E-state index in [0.29, 0.717) is 18.7 Å². The first-order chi connectivity index (χ1) is 12.8. The van der Waals surface area contributed by atoms with Crippen LogP contribution in [0.25, 0.3) is 0 Å². The van der Waals surface area contributed by atoms with Gasteiger partial charge >= 0.3 is 0 Å². The topological polar surface area (TPSA) is 103 Å². The summed E-state index contributed by atoms with van der Waals surface area (Å²) in [6.07, 6.45) is 3.83. The molecule has 1 aromatic rings. The van der Waals surface area contributed by atoms with Crippen molar-refractivity contribution in [2.45, 2.75) is 25.8 Å². The standard InChI is InChI=1S/C18H27N5O3S/c1-19-17(23-9-3-8-18(13-23)10-16(24)21-12-18)20-11-14-4-6-15(7-5-14)22-27(2,25)26/h4-7,22H,3,8-13H2,1-2H3,(H,19,20)(H,21,24). The fraction of sp³-hybridized carbons (Fsp3) is 0.556. The highest BCUT2D eigenvalue weighted by Gasteiger charge is 2.42. The molecule has 2 saturated heterocycles. The fourth-order valence-electron chi connectivity index (χ4n) is 3.85. The van der Waals surface area contributed by atoms with Gasteiger partial charge in [0.25, 0.3) is 0 Å². The second-order valence-electron chi connectivity index (χ2n) is 7.45. The number of hydrogen-bond acceptors (Lipinski definition) is 4. The molecular formula is C18H27N5O3S. The van der Waals surface area contributed by atoms with E-state index in [1.165, 1.54) is 0 Å². The molecule has 2 aliphatic rings. The van der Waals surface area contributed by atoms with Crippen molar-refractivity contribution in [2.75, 3.05) is 37.7 Å². The maximum Gasteiger partial charge on any atom is 0.229 e.